The minimum atomic E-state index is 0.148. The van der Waals surface area contributed by atoms with Crippen LogP contribution >= 0.6 is 0 Å². The van der Waals surface area contributed by atoms with E-state index < -0.39 is 0 Å². The lowest BCUT2D eigenvalue weighted by Crippen LogP contribution is -2.33. The molecule has 0 spiro atoms. The molecular formula is C14H20N2O. The van der Waals surface area contributed by atoms with Crippen molar-refractivity contribution < 1.29 is 4.79 Å². The van der Waals surface area contributed by atoms with Crippen LogP contribution in [0, 0.1) is 13.8 Å². The van der Waals surface area contributed by atoms with Crippen LogP contribution < -0.4 is 10.6 Å². The Labute approximate surface area is 103 Å². The molecule has 1 aromatic rings. The van der Waals surface area contributed by atoms with Crippen LogP contribution in [0.5, 0.6) is 0 Å². The molecule has 1 aliphatic heterocycles. The summed E-state index contributed by atoms with van der Waals surface area (Å²) < 4.78 is 0. The van der Waals surface area contributed by atoms with Crippen LogP contribution in [0.2, 0.25) is 0 Å². The van der Waals surface area contributed by atoms with Crippen molar-refractivity contribution in [3.63, 3.8) is 0 Å². The highest BCUT2D eigenvalue weighted by Crippen LogP contribution is 2.18. The normalized spacial score (nSPS) is 21.4. The molecule has 2 atom stereocenters. The van der Waals surface area contributed by atoms with Crippen LogP contribution in [-0.4, -0.2) is 18.5 Å². The average molecular weight is 232 g/mol. The number of amides is 1. The molecule has 1 amide bonds. The molecule has 0 bridgehead atoms. The Hall–Kier alpha value is -1.35. The maximum Gasteiger partial charge on any atom is 0.221 e. The Kier molecular flexibility index (Phi) is 3.48. The molecular weight excluding hydrogens is 212 g/mol. The Morgan fingerprint density at radius 1 is 1.35 bits per heavy atom. The minimum absolute atomic E-state index is 0.148. The van der Waals surface area contributed by atoms with Crippen molar-refractivity contribution in [3.8, 4) is 0 Å². The number of hydrogen-bond acceptors (Lipinski definition) is 2. The molecule has 0 radical (unpaired) electrons. The summed E-state index contributed by atoms with van der Waals surface area (Å²) >= 11 is 0. The first-order valence-electron chi connectivity index (χ1n) is 6.16. The van der Waals surface area contributed by atoms with E-state index in [9.17, 15) is 4.79 Å². The fraction of sp³-hybridized carbons (Fsp3) is 0.500. The molecule has 0 aliphatic carbocycles. The van der Waals surface area contributed by atoms with Crippen molar-refractivity contribution in [1.29, 1.82) is 0 Å². The van der Waals surface area contributed by atoms with E-state index in [4.69, 9.17) is 0 Å². The van der Waals surface area contributed by atoms with E-state index >= 15 is 0 Å². The summed E-state index contributed by atoms with van der Waals surface area (Å²) in [5, 5.41) is 6.33. The largest absolute Gasteiger partial charge is 0.354 e. The second kappa shape index (κ2) is 4.88. The zero-order valence-electron chi connectivity index (χ0n) is 10.7. The van der Waals surface area contributed by atoms with Crippen LogP contribution in [-0.2, 0) is 4.79 Å². The molecule has 2 unspecified atom stereocenters. The van der Waals surface area contributed by atoms with E-state index in [0.717, 1.165) is 6.54 Å². The summed E-state index contributed by atoms with van der Waals surface area (Å²) in [5.74, 6) is 0.148. The molecule has 1 saturated heterocycles. The van der Waals surface area contributed by atoms with Gasteiger partial charge in [-0.25, -0.2) is 0 Å². The number of nitrogens with one attached hydrogen (secondary N) is 2. The first kappa shape index (κ1) is 12.1. The zero-order chi connectivity index (χ0) is 12.4. The van der Waals surface area contributed by atoms with Crippen LogP contribution in [0.1, 0.15) is 36.1 Å². The second-order valence-electron chi connectivity index (χ2n) is 4.94. The van der Waals surface area contributed by atoms with Gasteiger partial charge < -0.3 is 10.6 Å². The van der Waals surface area contributed by atoms with Gasteiger partial charge >= 0.3 is 0 Å². The molecule has 3 heteroatoms. The lowest BCUT2D eigenvalue weighted by molar-refractivity contribution is -0.119. The maximum atomic E-state index is 11.1. The van der Waals surface area contributed by atoms with Crippen molar-refractivity contribution in [3.05, 3.63) is 34.9 Å². The van der Waals surface area contributed by atoms with E-state index in [1.165, 1.54) is 16.7 Å². The summed E-state index contributed by atoms with van der Waals surface area (Å²) in [7, 11) is 0. The van der Waals surface area contributed by atoms with Crippen LogP contribution in [0.15, 0.2) is 18.2 Å². The second-order valence-corrected chi connectivity index (χ2v) is 4.94. The number of aryl methyl sites for hydroxylation is 2. The molecule has 17 heavy (non-hydrogen) atoms. The summed E-state index contributed by atoms with van der Waals surface area (Å²) in [6, 6.07) is 7.08. The van der Waals surface area contributed by atoms with E-state index in [0.29, 0.717) is 6.42 Å². The molecule has 2 N–H and O–H groups in total. The van der Waals surface area contributed by atoms with E-state index in [1.54, 1.807) is 0 Å². The van der Waals surface area contributed by atoms with Crippen LogP contribution in [0.3, 0.4) is 0 Å². The molecule has 1 fully saturated rings. The Bertz CT molecular complexity index is 428. The summed E-state index contributed by atoms with van der Waals surface area (Å²) in [6.45, 7) is 7.14. The van der Waals surface area contributed by atoms with Crippen molar-refractivity contribution in [2.45, 2.75) is 39.3 Å². The number of hydrogen-bond donors (Lipinski definition) is 2. The number of carbonyl (C=O) groups excluding carboxylic acids is 1. The molecule has 1 aromatic carbocycles. The van der Waals surface area contributed by atoms with E-state index in [2.05, 4.69) is 49.6 Å². The molecule has 0 aromatic heterocycles. The lowest BCUT2D eigenvalue weighted by Gasteiger charge is -2.19. The Morgan fingerprint density at radius 2 is 2.12 bits per heavy atom. The van der Waals surface area contributed by atoms with Gasteiger partial charge in [0.2, 0.25) is 5.91 Å². The van der Waals surface area contributed by atoms with Gasteiger partial charge in [0.25, 0.3) is 0 Å². The number of rotatable bonds is 3. The van der Waals surface area contributed by atoms with Gasteiger partial charge in [0.15, 0.2) is 0 Å². The smallest absolute Gasteiger partial charge is 0.221 e. The van der Waals surface area contributed by atoms with E-state index in [-0.39, 0.29) is 18.0 Å². The van der Waals surface area contributed by atoms with Gasteiger partial charge in [-0.3, -0.25) is 4.79 Å². The van der Waals surface area contributed by atoms with Gasteiger partial charge in [-0.2, -0.15) is 0 Å². The first-order valence-corrected chi connectivity index (χ1v) is 6.16. The van der Waals surface area contributed by atoms with Crippen LogP contribution in [0.25, 0.3) is 0 Å². The van der Waals surface area contributed by atoms with Gasteiger partial charge in [0.1, 0.15) is 0 Å². The zero-order valence-corrected chi connectivity index (χ0v) is 10.7. The van der Waals surface area contributed by atoms with Crippen molar-refractivity contribution in [2.24, 2.45) is 0 Å². The standard InChI is InChI=1S/C14H20N2O/c1-9-4-5-12(6-10(9)2)11(3)16-13-7-14(17)15-8-13/h4-6,11,13,16H,7-8H2,1-3H3,(H,15,17). The number of carbonyl (C=O) groups is 1. The summed E-state index contributed by atoms with van der Waals surface area (Å²) in [6.07, 6.45) is 0.592. The predicted octanol–water partition coefficient (Wildman–Crippen LogP) is 1.84. The predicted molar refractivity (Wildman–Crippen MR) is 68.9 cm³/mol. The third-order valence-electron chi connectivity index (χ3n) is 3.49. The quantitative estimate of drug-likeness (QED) is 0.835. The topological polar surface area (TPSA) is 41.1 Å². The summed E-state index contributed by atoms with van der Waals surface area (Å²) in [5.41, 5.74) is 3.92. The average Bonchev–Trinajstić information content (AvgIpc) is 2.68. The fourth-order valence-electron chi connectivity index (χ4n) is 2.21. The van der Waals surface area contributed by atoms with Crippen molar-refractivity contribution in [1.82, 2.24) is 10.6 Å². The van der Waals surface area contributed by atoms with Gasteiger partial charge in [-0.15, -0.1) is 0 Å². The van der Waals surface area contributed by atoms with Crippen molar-refractivity contribution >= 4 is 5.91 Å². The van der Waals surface area contributed by atoms with Gasteiger partial charge in [0, 0.05) is 25.0 Å². The highest BCUT2D eigenvalue weighted by Gasteiger charge is 2.22. The fourth-order valence-corrected chi connectivity index (χ4v) is 2.21. The first-order chi connectivity index (χ1) is 8.06. The lowest BCUT2D eigenvalue weighted by atomic mass is 10.0. The molecule has 3 nitrogen and oxygen atoms in total. The van der Waals surface area contributed by atoms with Gasteiger partial charge in [0.05, 0.1) is 0 Å². The SMILES string of the molecule is Cc1ccc(C(C)NC2CNC(=O)C2)cc1C. The molecule has 2 rings (SSSR count). The third-order valence-corrected chi connectivity index (χ3v) is 3.49. The monoisotopic (exact) mass is 232 g/mol. The van der Waals surface area contributed by atoms with Gasteiger partial charge in [-0.1, -0.05) is 18.2 Å². The Morgan fingerprint density at radius 3 is 2.71 bits per heavy atom. The molecule has 1 heterocycles. The van der Waals surface area contributed by atoms with Crippen molar-refractivity contribution in [2.75, 3.05) is 6.54 Å². The third kappa shape index (κ3) is 2.86. The highest BCUT2D eigenvalue weighted by atomic mass is 16.1. The maximum absolute atomic E-state index is 11.1. The molecule has 1 aliphatic rings. The molecule has 92 valence electrons. The van der Waals surface area contributed by atoms with E-state index in [1.807, 2.05) is 0 Å². The van der Waals surface area contributed by atoms with Crippen LogP contribution in [0.4, 0.5) is 0 Å². The molecule has 0 saturated carbocycles. The summed E-state index contributed by atoms with van der Waals surface area (Å²) in [4.78, 5) is 11.1. The number of benzene rings is 1. The van der Waals surface area contributed by atoms with Gasteiger partial charge in [-0.05, 0) is 37.5 Å². The Balaban J connectivity index is 2.01. The minimum Gasteiger partial charge on any atom is -0.354 e. The highest BCUT2D eigenvalue weighted by molar-refractivity contribution is 5.78.